The third kappa shape index (κ3) is 0.829. The summed E-state index contributed by atoms with van der Waals surface area (Å²) in [5.74, 6) is 0. The highest BCUT2D eigenvalue weighted by Gasteiger charge is 2.09. The zero-order valence-electron chi connectivity index (χ0n) is 4.54. The van der Waals surface area contributed by atoms with Crippen LogP contribution in [0.1, 0.15) is 12.8 Å². The van der Waals surface area contributed by atoms with Gasteiger partial charge in [-0.2, -0.15) is 0 Å². The van der Waals surface area contributed by atoms with Gasteiger partial charge in [0, 0.05) is 12.8 Å². The van der Waals surface area contributed by atoms with Crippen molar-refractivity contribution >= 4 is 0 Å². The van der Waals surface area contributed by atoms with Gasteiger partial charge in [-0.25, -0.2) is 0 Å². The molecular weight excluding hydrogens is 86.1 g/mol. The van der Waals surface area contributed by atoms with Gasteiger partial charge in [-0.15, -0.1) is 7.05 Å². The Morgan fingerprint density at radius 3 is 2.57 bits per heavy atom. The number of likely N-dealkylation sites (tertiary alicyclic amines) is 1. The summed E-state index contributed by atoms with van der Waals surface area (Å²) in [5.41, 5.74) is 1.26. The number of quaternary nitrogens is 1. The highest BCUT2D eigenvalue weighted by molar-refractivity contribution is 4.83. The van der Waals surface area contributed by atoms with Gasteiger partial charge in [0.1, 0.15) is 0 Å². The minimum absolute atomic E-state index is 1.18. The lowest BCUT2D eigenvalue weighted by molar-refractivity contribution is -0.800. The summed E-state index contributed by atoms with van der Waals surface area (Å²) >= 11 is 0. The minimum atomic E-state index is 1.18. The van der Waals surface area contributed by atoms with Crippen molar-refractivity contribution in [2.75, 3.05) is 6.54 Å². The van der Waals surface area contributed by atoms with Crippen LogP contribution in [-0.2, 0) is 0 Å². The molecule has 40 valence electrons. The van der Waals surface area contributed by atoms with Gasteiger partial charge >= 0.3 is 0 Å². The molecule has 1 fully saturated rings. The fourth-order valence-electron chi connectivity index (χ4n) is 0.869. The van der Waals surface area contributed by atoms with E-state index in [-0.39, 0.29) is 0 Å². The van der Waals surface area contributed by atoms with Gasteiger partial charge in [0.05, 0.1) is 12.2 Å². The maximum atomic E-state index is 3.84. The van der Waals surface area contributed by atoms with Crippen LogP contribution in [0.25, 0.3) is 0 Å². The molecule has 1 unspecified atom stereocenters. The van der Waals surface area contributed by atoms with Gasteiger partial charge < -0.3 is 4.90 Å². The molecule has 0 aromatic carbocycles. The first-order valence-electron chi connectivity index (χ1n) is 2.66. The number of nitrogens with one attached hydrogen (secondary N) is 1. The van der Waals surface area contributed by atoms with E-state index in [0.717, 1.165) is 0 Å². The third-order valence-corrected chi connectivity index (χ3v) is 1.46. The molecule has 0 aromatic heterocycles. The van der Waals surface area contributed by atoms with E-state index < -0.39 is 0 Å². The fraction of sp³-hybridized carbons (Fsp3) is 0.500. The van der Waals surface area contributed by atoms with Crippen molar-refractivity contribution in [2.45, 2.75) is 12.8 Å². The van der Waals surface area contributed by atoms with E-state index in [1.54, 1.807) is 0 Å². The lowest BCUT2D eigenvalue weighted by atomic mass is 10.3. The second-order valence-electron chi connectivity index (χ2n) is 2.06. The largest absolute Gasteiger partial charge is 0.439 e. The number of hydrogen-bond donors (Lipinski definition) is 1. The SMILES string of the molecule is C=C1CCC[NH+]1[CH2-]. The summed E-state index contributed by atoms with van der Waals surface area (Å²) in [6.45, 7) is 5.02. The highest BCUT2D eigenvalue weighted by atomic mass is 15.1. The minimum Gasteiger partial charge on any atom is -0.439 e. The molecule has 0 bridgehead atoms. The van der Waals surface area contributed by atoms with Crippen molar-refractivity contribution in [3.05, 3.63) is 19.3 Å². The molecule has 1 N–H and O–H groups in total. The Hall–Kier alpha value is -0.300. The van der Waals surface area contributed by atoms with Crippen LogP contribution in [0.5, 0.6) is 0 Å². The van der Waals surface area contributed by atoms with Crippen LogP contribution in [0.4, 0.5) is 0 Å². The Balaban J connectivity index is 2.48. The molecule has 0 spiro atoms. The van der Waals surface area contributed by atoms with Crippen LogP contribution < -0.4 is 4.90 Å². The molecule has 0 radical (unpaired) electrons. The molecule has 7 heavy (non-hydrogen) atoms. The Morgan fingerprint density at radius 2 is 2.43 bits per heavy atom. The van der Waals surface area contributed by atoms with Crippen molar-refractivity contribution in [3.8, 4) is 0 Å². The molecule has 1 rings (SSSR count). The molecule has 0 saturated carbocycles. The summed E-state index contributed by atoms with van der Waals surface area (Å²) in [7, 11) is 3.84. The van der Waals surface area contributed by atoms with E-state index >= 15 is 0 Å². The van der Waals surface area contributed by atoms with E-state index in [2.05, 4.69) is 13.6 Å². The second-order valence-corrected chi connectivity index (χ2v) is 2.06. The molecule has 1 saturated heterocycles. The van der Waals surface area contributed by atoms with Gasteiger partial charge in [-0.3, -0.25) is 0 Å². The molecular formula is C6H11N. The van der Waals surface area contributed by atoms with Crippen LogP contribution in [0.3, 0.4) is 0 Å². The van der Waals surface area contributed by atoms with Crippen LogP contribution in [-0.4, -0.2) is 6.54 Å². The van der Waals surface area contributed by atoms with Gasteiger partial charge in [0.2, 0.25) is 0 Å². The van der Waals surface area contributed by atoms with Gasteiger partial charge in [0.15, 0.2) is 0 Å². The predicted octanol–water partition coefficient (Wildman–Crippen LogP) is -0.0296. The number of allylic oxidation sites excluding steroid dienone is 1. The lowest BCUT2D eigenvalue weighted by Crippen LogP contribution is -3.02. The van der Waals surface area contributed by atoms with Crippen molar-refractivity contribution in [1.82, 2.24) is 0 Å². The zero-order valence-corrected chi connectivity index (χ0v) is 4.54. The average Bonchev–Trinajstić information content (AvgIpc) is 1.91. The summed E-state index contributed by atoms with van der Waals surface area (Å²) in [6.07, 6.45) is 2.45. The molecule has 0 amide bonds. The Labute approximate surface area is 44.6 Å². The van der Waals surface area contributed by atoms with E-state index in [1.807, 2.05) is 0 Å². The number of hydrogen-bond acceptors (Lipinski definition) is 0. The summed E-state index contributed by atoms with van der Waals surface area (Å²) < 4.78 is 0. The van der Waals surface area contributed by atoms with E-state index in [9.17, 15) is 0 Å². The Bertz CT molecular complexity index is 86.2. The van der Waals surface area contributed by atoms with Crippen molar-refractivity contribution in [2.24, 2.45) is 0 Å². The molecule has 1 aliphatic rings. The van der Waals surface area contributed by atoms with Crippen molar-refractivity contribution in [1.29, 1.82) is 0 Å². The predicted molar refractivity (Wildman–Crippen MR) is 29.6 cm³/mol. The maximum Gasteiger partial charge on any atom is 0.0738 e. The molecule has 0 aromatic rings. The third-order valence-electron chi connectivity index (χ3n) is 1.46. The Kier molecular flexibility index (Phi) is 1.15. The van der Waals surface area contributed by atoms with Crippen LogP contribution in [0, 0.1) is 7.05 Å². The smallest absolute Gasteiger partial charge is 0.0738 e. The average molecular weight is 97.2 g/mol. The normalized spacial score (nSPS) is 31.6. The van der Waals surface area contributed by atoms with Gasteiger partial charge in [0.25, 0.3) is 0 Å². The van der Waals surface area contributed by atoms with Crippen LogP contribution >= 0.6 is 0 Å². The lowest BCUT2D eigenvalue weighted by Gasteiger charge is -2.11. The molecule has 1 atom stereocenters. The summed E-state index contributed by atoms with van der Waals surface area (Å²) in [4.78, 5) is 1.26. The van der Waals surface area contributed by atoms with E-state index in [0.29, 0.717) is 0 Å². The maximum absolute atomic E-state index is 3.84. The van der Waals surface area contributed by atoms with Gasteiger partial charge in [-0.1, -0.05) is 0 Å². The van der Waals surface area contributed by atoms with Crippen molar-refractivity contribution in [3.63, 3.8) is 0 Å². The van der Waals surface area contributed by atoms with Crippen LogP contribution in [0.2, 0.25) is 0 Å². The highest BCUT2D eigenvalue weighted by Crippen LogP contribution is 1.98. The fourth-order valence-corrected chi connectivity index (χ4v) is 0.869. The Morgan fingerprint density at radius 1 is 1.71 bits per heavy atom. The van der Waals surface area contributed by atoms with Gasteiger partial charge in [-0.05, 0) is 6.58 Å². The standard InChI is InChI=1S/C6H11N/c1-6-4-3-5-7(6)2/h7H,1-5H2. The molecule has 1 aliphatic heterocycles. The quantitative estimate of drug-likeness (QED) is 0.405. The molecule has 1 heteroatoms. The first-order chi connectivity index (χ1) is 3.30. The summed E-state index contributed by atoms with van der Waals surface area (Å²) in [5, 5.41) is 0. The molecule has 1 heterocycles. The van der Waals surface area contributed by atoms with E-state index in [1.165, 1.54) is 30.0 Å². The monoisotopic (exact) mass is 97.1 g/mol. The van der Waals surface area contributed by atoms with Crippen molar-refractivity contribution < 1.29 is 4.90 Å². The first kappa shape index (κ1) is 4.85. The second kappa shape index (κ2) is 1.66. The number of rotatable bonds is 0. The van der Waals surface area contributed by atoms with E-state index in [4.69, 9.17) is 0 Å². The summed E-state index contributed by atoms with van der Waals surface area (Å²) in [6, 6.07) is 0. The molecule has 0 aliphatic carbocycles. The topological polar surface area (TPSA) is 4.44 Å². The molecule has 1 nitrogen and oxygen atoms in total. The first-order valence-corrected chi connectivity index (χ1v) is 2.66. The van der Waals surface area contributed by atoms with Crippen LogP contribution in [0.15, 0.2) is 12.3 Å². The zero-order chi connectivity index (χ0) is 5.28.